The number of fused-ring (bicyclic) bond motifs is 1. The number of carbonyl (C=O) groups excluding carboxylic acids is 1. The van der Waals surface area contributed by atoms with Crippen LogP contribution in [0.1, 0.15) is 27.7 Å². The minimum absolute atomic E-state index is 0.0194. The molecule has 0 bridgehead atoms. The van der Waals surface area contributed by atoms with Crippen LogP contribution in [-0.2, 0) is 4.74 Å². The third-order valence-corrected chi connectivity index (χ3v) is 6.38. The molecule has 3 nitrogen and oxygen atoms in total. The second-order valence-corrected chi connectivity index (χ2v) is 9.52. The van der Waals surface area contributed by atoms with Crippen molar-refractivity contribution < 1.29 is 9.53 Å². The van der Waals surface area contributed by atoms with Crippen LogP contribution in [0.2, 0.25) is 0 Å². The number of ether oxygens (including phenoxy) is 1. The highest BCUT2D eigenvalue weighted by Crippen LogP contribution is 2.74. The third-order valence-electron chi connectivity index (χ3n) is 3.46. The quantitative estimate of drug-likeness (QED) is 0.624. The van der Waals surface area contributed by atoms with Gasteiger partial charge in [-0.3, -0.25) is 0 Å². The van der Waals surface area contributed by atoms with Crippen molar-refractivity contribution in [3.63, 3.8) is 0 Å². The fraction of sp³-hybridized carbons (Fsp3) is 0.909. The van der Waals surface area contributed by atoms with E-state index in [1.54, 1.807) is 4.90 Å². The maximum Gasteiger partial charge on any atom is 0.410 e. The molecule has 0 N–H and O–H groups in total. The highest BCUT2D eigenvalue weighted by Gasteiger charge is 2.76. The lowest BCUT2D eigenvalue weighted by Gasteiger charge is -2.27. The van der Waals surface area contributed by atoms with Crippen LogP contribution in [0.5, 0.6) is 0 Å². The SMILES string of the molecule is CC(C)(C)OC(=O)N1CC2C(Br)(Br)C2(C)C1. The smallest absolute Gasteiger partial charge is 0.410 e. The summed E-state index contributed by atoms with van der Waals surface area (Å²) in [5.74, 6) is 0.479. The number of halogens is 2. The lowest BCUT2D eigenvalue weighted by atomic mass is 10.1. The molecule has 2 unspecified atom stereocenters. The highest BCUT2D eigenvalue weighted by molar-refractivity contribution is 9.25. The van der Waals surface area contributed by atoms with Gasteiger partial charge in [0.1, 0.15) is 5.60 Å². The van der Waals surface area contributed by atoms with Crippen molar-refractivity contribution in [3.8, 4) is 0 Å². The summed E-state index contributed by atoms with van der Waals surface area (Å²) in [4.78, 5) is 13.7. The summed E-state index contributed by atoms with van der Waals surface area (Å²) >= 11 is 7.32. The Balaban J connectivity index is 1.96. The summed E-state index contributed by atoms with van der Waals surface area (Å²) in [5.41, 5.74) is -0.269. The molecule has 0 aromatic carbocycles. The molecule has 2 atom stereocenters. The van der Waals surface area contributed by atoms with E-state index in [0.717, 1.165) is 13.1 Å². The summed E-state index contributed by atoms with van der Waals surface area (Å²) in [7, 11) is 0. The van der Waals surface area contributed by atoms with E-state index in [2.05, 4.69) is 38.8 Å². The van der Waals surface area contributed by atoms with Gasteiger partial charge in [0.15, 0.2) is 0 Å². The average molecular weight is 355 g/mol. The van der Waals surface area contributed by atoms with Gasteiger partial charge in [0.2, 0.25) is 0 Å². The third kappa shape index (κ3) is 1.80. The van der Waals surface area contributed by atoms with Gasteiger partial charge in [-0.15, -0.1) is 0 Å². The summed E-state index contributed by atoms with van der Waals surface area (Å²) in [6.07, 6.45) is -0.197. The molecule has 2 rings (SSSR count). The summed E-state index contributed by atoms with van der Waals surface area (Å²) < 4.78 is 5.38. The Morgan fingerprint density at radius 1 is 1.44 bits per heavy atom. The monoisotopic (exact) mass is 353 g/mol. The predicted molar refractivity (Wildman–Crippen MR) is 70.0 cm³/mol. The van der Waals surface area contributed by atoms with E-state index in [0.29, 0.717) is 5.92 Å². The fourth-order valence-corrected chi connectivity index (χ4v) is 4.23. The van der Waals surface area contributed by atoms with E-state index >= 15 is 0 Å². The molecule has 0 radical (unpaired) electrons. The molecule has 5 heteroatoms. The molecule has 0 spiro atoms. The minimum Gasteiger partial charge on any atom is -0.444 e. The van der Waals surface area contributed by atoms with E-state index < -0.39 is 5.60 Å². The van der Waals surface area contributed by atoms with E-state index in [9.17, 15) is 4.79 Å². The Labute approximate surface area is 113 Å². The molecular weight excluding hydrogens is 338 g/mol. The summed E-state index contributed by atoms with van der Waals surface area (Å²) in [6, 6.07) is 0. The molecule has 16 heavy (non-hydrogen) atoms. The maximum absolute atomic E-state index is 11.9. The number of piperidine rings is 1. The zero-order chi connectivity index (χ0) is 12.4. The van der Waals surface area contributed by atoms with Crippen LogP contribution in [0.3, 0.4) is 0 Å². The summed E-state index contributed by atoms with van der Waals surface area (Å²) in [5, 5.41) is 0. The molecule has 1 heterocycles. The van der Waals surface area contributed by atoms with Crippen LogP contribution in [0.4, 0.5) is 4.79 Å². The van der Waals surface area contributed by atoms with Gasteiger partial charge in [0.25, 0.3) is 0 Å². The number of carbonyl (C=O) groups is 1. The number of nitrogens with zero attached hydrogens (tertiary/aromatic N) is 1. The lowest BCUT2D eigenvalue weighted by Crippen LogP contribution is -2.39. The van der Waals surface area contributed by atoms with E-state index in [4.69, 9.17) is 4.74 Å². The minimum atomic E-state index is -0.412. The molecule has 0 aromatic heterocycles. The van der Waals surface area contributed by atoms with Crippen LogP contribution in [0.15, 0.2) is 0 Å². The first kappa shape index (κ1) is 12.7. The zero-order valence-electron chi connectivity index (χ0n) is 10.0. The van der Waals surface area contributed by atoms with Crippen LogP contribution in [0, 0.1) is 11.3 Å². The highest BCUT2D eigenvalue weighted by atomic mass is 79.9. The molecule has 92 valence electrons. The lowest BCUT2D eigenvalue weighted by molar-refractivity contribution is 0.0264. The van der Waals surface area contributed by atoms with Crippen molar-refractivity contribution in [1.29, 1.82) is 0 Å². The van der Waals surface area contributed by atoms with Crippen molar-refractivity contribution in [2.24, 2.45) is 11.3 Å². The van der Waals surface area contributed by atoms with Crippen LogP contribution in [-0.4, -0.2) is 32.9 Å². The van der Waals surface area contributed by atoms with Gasteiger partial charge >= 0.3 is 6.09 Å². The normalized spacial score (nSPS) is 35.9. The molecule has 0 aromatic rings. The van der Waals surface area contributed by atoms with Gasteiger partial charge in [-0.1, -0.05) is 38.8 Å². The van der Waals surface area contributed by atoms with E-state index in [1.807, 2.05) is 20.8 Å². The Morgan fingerprint density at radius 2 is 2.00 bits per heavy atom. The molecular formula is C11H17Br2NO2. The number of hydrogen-bond acceptors (Lipinski definition) is 2. The number of rotatable bonds is 0. The second kappa shape index (κ2) is 3.37. The molecule has 2 aliphatic rings. The van der Waals surface area contributed by atoms with Gasteiger partial charge in [-0.25, -0.2) is 4.79 Å². The van der Waals surface area contributed by atoms with E-state index in [1.165, 1.54) is 0 Å². The first-order valence-corrected chi connectivity index (χ1v) is 7.02. The van der Waals surface area contributed by atoms with Gasteiger partial charge in [0, 0.05) is 24.4 Å². The standard InChI is InChI=1S/C11H17Br2NO2/c1-9(2,3)16-8(15)14-5-7-10(4,6-14)11(7,12)13/h7H,5-6H2,1-4H3. The molecule has 1 amide bonds. The number of likely N-dealkylation sites (tertiary alicyclic amines) is 1. The Morgan fingerprint density at radius 3 is 2.38 bits per heavy atom. The largest absolute Gasteiger partial charge is 0.444 e. The molecule has 1 aliphatic carbocycles. The Bertz CT molecular complexity index is 337. The van der Waals surface area contributed by atoms with Crippen molar-refractivity contribution >= 4 is 38.0 Å². The van der Waals surface area contributed by atoms with Crippen molar-refractivity contribution in [3.05, 3.63) is 0 Å². The zero-order valence-corrected chi connectivity index (χ0v) is 13.2. The topological polar surface area (TPSA) is 29.5 Å². The maximum atomic E-state index is 11.9. The van der Waals surface area contributed by atoms with Crippen LogP contribution in [0.25, 0.3) is 0 Å². The van der Waals surface area contributed by atoms with Crippen molar-refractivity contribution in [2.45, 2.75) is 36.5 Å². The first-order chi connectivity index (χ1) is 7.08. The molecule has 2 fully saturated rings. The second-order valence-electron chi connectivity index (χ2n) is 5.95. The van der Waals surface area contributed by atoms with Crippen LogP contribution < -0.4 is 0 Å². The van der Waals surface area contributed by atoms with Crippen molar-refractivity contribution in [2.75, 3.05) is 13.1 Å². The van der Waals surface area contributed by atoms with Gasteiger partial charge in [0.05, 0.1) is 3.23 Å². The number of hydrogen-bond donors (Lipinski definition) is 0. The first-order valence-electron chi connectivity index (χ1n) is 5.44. The van der Waals surface area contributed by atoms with Crippen molar-refractivity contribution in [1.82, 2.24) is 4.90 Å². The Kier molecular flexibility index (Phi) is 2.67. The molecule has 1 saturated carbocycles. The number of amides is 1. The average Bonchev–Trinajstić information content (AvgIpc) is 2.43. The fourth-order valence-electron chi connectivity index (χ4n) is 2.35. The molecule has 1 saturated heterocycles. The molecule has 1 aliphatic heterocycles. The Hall–Kier alpha value is 0.230. The van der Waals surface area contributed by atoms with Gasteiger partial charge in [-0.2, -0.15) is 0 Å². The van der Waals surface area contributed by atoms with Gasteiger partial charge < -0.3 is 9.64 Å². The number of alkyl halides is 2. The van der Waals surface area contributed by atoms with Crippen LogP contribution >= 0.6 is 31.9 Å². The van der Waals surface area contributed by atoms with E-state index in [-0.39, 0.29) is 14.7 Å². The summed E-state index contributed by atoms with van der Waals surface area (Å²) in [6.45, 7) is 9.38. The van der Waals surface area contributed by atoms with Gasteiger partial charge in [-0.05, 0) is 20.8 Å². The predicted octanol–water partition coefficient (Wildman–Crippen LogP) is 3.36.